The van der Waals surface area contributed by atoms with Gasteiger partial charge in [0.05, 0.1) is 6.20 Å². The molecule has 0 amide bonds. The van der Waals surface area contributed by atoms with Crippen molar-refractivity contribution in [3.8, 4) is 0 Å². The Labute approximate surface area is 94.3 Å². The lowest BCUT2D eigenvalue weighted by atomic mass is 10.1. The highest BCUT2D eigenvalue weighted by molar-refractivity contribution is 5.93. The summed E-state index contributed by atoms with van der Waals surface area (Å²) in [5.74, 6) is 0.327. The third kappa shape index (κ3) is 1.60. The van der Waals surface area contributed by atoms with Crippen molar-refractivity contribution in [2.75, 3.05) is 0 Å². The molecule has 0 aromatic carbocycles. The van der Waals surface area contributed by atoms with E-state index in [1.54, 1.807) is 0 Å². The third-order valence-corrected chi connectivity index (χ3v) is 2.68. The van der Waals surface area contributed by atoms with Crippen molar-refractivity contribution in [2.45, 2.75) is 26.7 Å². The van der Waals surface area contributed by atoms with Gasteiger partial charge < -0.3 is 4.57 Å². The van der Waals surface area contributed by atoms with Gasteiger partial charge in [-0.25, -0.2) is 9.97 Å². The summed E-state index contributed by atoms with van der Waals surface area (Å²) >= 11 is 0. The second-order valence-electron chi connectivity index (χ2n) is 4.33. The topological polar surface area (TPSA) is 47.8 Å². The summed E-state index contributed by atoms with van der Waals surface area (Å²) in [5, 5.41) is 0. The fourth-order valence-electron chi connectivity index (χ4n) is 1.76. The van der Waals surface area contributed by atoms with Crippen LogP contribution in [0.15, 0.2) is 12.4 Å². The van der Waals surface area contributed by atoms with E-state index in [-0.39, 0.29) is 5.78 Å². The summed E-state index contributed by atoms with van der Waals surface area (Å²) in [4.78, 5) is 19.9. The minimum absolute atomic E-state index is 0.0482. The Kier molecular flexibility index (Phi) is 2.50. The van der Waals surface area contributed by atoms with Crippen molar-refractivity contribution >= 4 is 16.9 Å². The number of rotatable bonds is 2. The fraction of sp³-hybridized carbons (Fsp3) is 0.417. The highest BCUT2D eigenvalue weighted by Gasteiger charge is 2.13. The number of hydrogen-bond donors (Lipinski definition) is 0. The Balaban J connectivity index is 2.74. The molecule has 0 fully saturated rings. The molecule has 4 heteroatoms. The first kappa shape index (κ1) is 10.8. The smallest absolute Gasteiger partial charge is 0.179 e. The molecule has 2 aromatic rings. The zero-order chi connectivity index (χ0) is 11.9. The van der Waals surface area contributed by atoms with Crippen LogP contribution in [0.1, 0.15) is 42.7 Å². The molecule has 4 nitrogen and oxygen atoms in total. The molecule has 0 spiro atoms. The molecule has 0 radical (unpaired) electrons. The second-order valence-corrected chi connectivity index (χ2v) is 4.33. The van der Waals surface area contributed by atoms with E-state index >= 15 is 0 Å². The number of aryl methyl sites for hydroxylation is 1. The molecule has 0 aliphatic heterocycles. The van der Waals surface area contributed by atoms with Gasteiger partial charge in [-0.1, -0.05) is 13.8 Å². The first-order chi connectivity index (χ1) is 7.50. The van der Waals surface area contributed by atoms with Crippen molar-refractivity contribution < 1.29 is 4.79 Å². The van der Waals surface area contributed by atoms with E-state index in [0.29, 0.717) is 11.6 Å². The van der Waals surface area contributed by atoms with Crippen molar-refractivity contribution in [1.29, 1.82) is 0 Å². The van der Waals surface area contributed by atoms with E-state index in [2.05, 4.69) is 23.8 Å². The van der Waals surface area contributed by atoms with Crippen LogP contribution in [0.2, 0.25) is 0 Å². The Morgan fingerprint density at radius 3 is 2.69 bits per heavy atom. The average Bonchev–Trinajstić information content (AvgIpc) is 2.56. The monoisotopic (exact) mass is 217 g/mol. The van der Waals surface area contributed by atoms with Gasteiger partial charge in [0.1, 0.15) is 11.2 Å². The maximum absolute atomic E-state index is 11.3. The lowest BCUT2D eigenvalue weighted by Gasteiger charge is -2.01. The van der Waals surface area contributed by atoms with Gasteiger partial charge >= 0.3 is 0 Å². The normalized spacial score (nSPS) is 11.3. The number of fused-ring (bicyclic) bond motifs is 1. The van der Waals surface area contributed by atoms with Crippen LogP contribution in [0.25, 0.3) is 11.2 Å². The molecular weight excluding hydrogens is 202 g/mol. The Bertz CT molecular complexity index is 555. The highest BCUT2D eigenvalue weighted by Crippen LogP contribution is 2.24. The molecule has 0 unspecified atom stereocenters. The molecule has 0 N–H and O–H groups in total. The zero-order valence-electron chi connectivity index (χ0n) is 9.98. The maximum Gasteiger partial charge on any atom is 0.179 e. The molecule has 0 aliphatic rings. The molecule has 2 aromatic heterocycles. The SMILES string of the molecule is CC(=O)c1cnc2c(n1)c(C(C)C)cn2C. The molecule has 2 rings (SSSR count). The van der Waals surface area contributed by atoms with Crippen molar-refractivity contribution in [3.63, 3.8) is 0 Å². The van der Waals surface area contributed by atoms with E-state index < -0.39 is 0 Å². The maximum atomic E-state index is 11.3. The number of carbonyl (C=O) groups is 1. The van der Waals surface area contributed by atoms with Gasteiger partial charge in [0.25, 0.3) is 0 Å². The quantitative estimate of drug-likeness (QED) is 0.725. The molecule has 2 heterocycles. The Hall–Kier alpha value is -1.71. The third-order valence-electron chi connectivity index (χ3n) is 2.68. The number of carbonyl (C=O) groups excluding carboxylic acids is 1. The van der Waals surface area contributed by atoms with Crippen molar-refractivity contribution in [1.82, 2.24) is 14.5 Å². The Morgan fingerprint density at radius 2 is 2.12 bits per heavy atom. The van der Waals surface area contributed by atoms with E-state index in [9.17, 15) is 4.79 Å². The molecular formula is C12H15N3O. The first-order valence-electron chi connectivity index (χ1n) is 5.33. The minimum atomic E-state index is -0.0482. The standard InChI is InChI=1S/C12H15N3O/c1-7(2)9-6-15(4)12-11(9)14-10(5-13-12)8(3)16/h5-7H,1-4H3. The van der Waals surface area contributed by atoms with Crippen LogP contribution in [0.4, 0.5) is 0 Å². The van der Waals surface area contributed by atoms with Crippen LogP contribution in [0.3, 0.4) is 0 Å². The number of ketones is 1. The van der Waals surface area contributed by atoms with Crippen LogP contribution in [0, 0.1) is 0 Å². The summed E-state index contributed by atoms with van der Waals surface area (Å²) in [5.41, 5.74) is 3.23. The number of hydrogen-bond acceptors (Lipinski definition) is 3. The summed E-state index contributed by atoms with van der Waals surface area (Å²) in [6.07, 6.45) is 3.56. The molecule has 0 saturated heterocycles. The minimum Gasteiger partial charge on any atom is -0.334 e. The summed E-state index contributed by atoms with van der Waals surface area (Å²) in [6.45, 7) is 5.72. The lowest BCUT2D eigenvalue weighted by molar-refractivity contribution is 0.101. The van der Waals surface area contributed by atoms with Gasteiger partial charge in [-0.15, -0.1) is 0 Å². The van der Waals surface area contributed by atoms with Gasteiger partial charge in [0, 0.05) is 25.7 Å². The predicted molar refractivity (Wildman–Crippen MR) is 62.6 cm³/mol. The molecule has 0 saturated carbocycles. The van der Waals surface area contributed by atoms with Crippen molar-refractivity contribution in [2.24, 2.45) is 7.05 Å². The Morgan fingerprint density at radius 1 is 1.44 bits per heavy atom. The number of aromatic nitrogens is 3. The zero-order valence-corrected chi connectivity index (χ0v) is 9.98. The first-order valence-corrected chi connectivity index (χ1v) is 5.33. The number of nitrogens with zero attached hydrogens (tertiary/aromatic N) is 3. The predicted octanol–water partition coefficient (Wildman–Crippen LogP) is 2.29. The summed E-state index contributed by atoms with van der Waals surface area (Å²) in [7, 11) is 1.94. The molecule has 0 bridgehead atoms. The van der Waals surface area contributed by atoms with Gasteiger partial charge in [-0.2, -0.15) is 0 Å². The van der Waals surface area contributed by atoms with Crippen LogP contribution >= 0.6 is 0 Å². The summed E-state index contributed by atoms with van der Waals surface area (Å²) < 4.78 is 1.95. The highest BCUT2D eigenvalue weighted by atomic mass is 16.1. The molecule has 0 aliphatic carbocycles. The molecule has 16 heavy (non-hydrogen) atoms. The van der Waals surface area contributed by atoms with E-state index in [4.69, 9.17) is 0 Å². The van der Waals surface area contributed by atoms with Crippen LogP contribution in [-0.2, 0) is 7.05 Å². The number of Topliss-reactive ketones (excluding diaryl/α,β-unsaturated/α-hetero) is 1. The van der Waals surface area contributed by atoms with Crippen LogP contribution in [0.5, 0.6) is 0 Å². The van der Waals surface area contributed by atoms with Gasteiger partial charge in [0.2, 0.25) is 0 Å². The van der Waals surface area contributed by atoms with Gasteiger partial charge in [-0.3, -0.25) is 4.79 Å². The van der Waals surface area contributed by atoms with Gasteiger partial charge in [-0.05, 0) is 5.92 Å². The lowest BCUT2D eigenvalue weighted by Crippen LogP contribution is -1.99. The van der Waals surface area contributed by atoms with Crippen molar-refractivity contribution in [3.05, 3.63) is 23.7 Å². The molecule has 0 atom stereocenters. The van der Waals surface area contributed by atoms with Crippen LogP contribution < -0.4 is 0 Å². The average molecular weight is 217 g/mol. The van der Waals surface area contributed by atoms with E-state index in [0.717, 1.165) is 16.7 Å². The summed E-state index contributed by atoms with van der Waals surface area (Å²) in [6, 6.07) is 0. The second kappa shape index (κ2) is 3.70. The van der Waals surface area contributed by atoms with E-state index in [1.807, 2.05) is 17.8 Å². The van der Waals surface area contributed by atoms with E-state index in [1.165, 1.54) is 13.1 Å². The van der Waals surface area contributed by atoms with Crippen LogP contribution in [-0.4, -0.2) is 20.3 Å². The van der Waals surface area contributed by atoms with Gasteiger partial charge in [0.15, 0.2) is 11.4 Å². The fourth-order valence-corrected chi connectivity index (χ4v) is 1.76. The molecule has 84 valence electrons. The largest absolute Gasteiger partial charge is 0.334 e.